The molecule has 0 saturated carbocycles. The van der Waals surface area contributed by atoms with Crippen LogP contribution in [-0.4, -0.2) is 76.4 Å². The van der Waals surface area contributed by atoms with Crippen molar-refractivity contribution in [1.29, 1.82) is 0 Å². The molecule has 2 unspecified atom stereocenters. The van der Waals surface area contributed by atoms with Crippen LogP contribution in [0.4, 0.5) is 0 Å². The highest BCUT2D eigenvalue weighted by Gasteiger charge is 2.58. The molecule has 17 heteroatoms. The van der Waals surface area contributed by atoms with Crippen molar-refractivity contribution in [2.24, 2.45) is 0 Å². The summed E-state index contributed by atoms with van der Waals surface area (Å²) in [6.07, 6.45) is 0.861. The third kappa shape index (κ3) is 15.3. The number of carbonyl (C=O) groups excluding carboxylic acids is 2. The minimum atomic E-state index is -0.640. The largest absolute Gasteiger partial charge is 0.503 e. The first-order chi connectivity index (χ1) is 34.6. The van der Waals surface area contributed by atoms with Gasteiger partial charge in [-0.1, -0.05) is 84.9 Å². The normalized spacial score (nSPS) is 16.5. The van der Waals surface area contributed by atoms with E-state index in [4.69, 9.17) is 33.0 Å². The number of halogens is 1. The minimum Gasteiger partial charge on any atom is -0.481 e. The number of aromatic nitrogens is 5. The quantitative estimate of drug-likeness (QED) is 0.0530. The Bertz CT molecular complexity index is 2860. The molecule has 9 rings (SSSR count). The molecule has 0 aliphatic carbocycles. The number of methoxy groups -OCH3 is 3. The monoisotopic (exact) mass is 1040 g/mol. The van der Waals surface area contributed by atoms with E-state index in [2.05, 4.69) is 53.1 Å². The van der Waals surface area contributed by atoms with Crippen LogP contribution in [0.25, 0.3) is 11.3 Å². The number of nitrogens with zero attached hydrogens (tertiary/aromatic N) is 5. The maximum absolute atomic E-state index is 11.6. The lowest BCUT2D eigenvalue weighted by atomic mass is 9.79. The van der Waals surface area contributed by atoms with Gasteiger partial charge in [0.25, 0.3) is 0 Å². The van der Waals surface area contributed by atoms with Gasteiger partial charge in [-0.25, -0.2) is 24.9 Å². The zero-order valence-corrected chi connectivity index (χ0v) is 43.3. The summed E-state index contributed by atoms with van der Waals surface area (Å²) in [5.74, 6) is 1.93. The molecule has 15 nitrogen and oxygen atoms in total. The van der Waals surface area contributed by atoms with Crippen molar-refractivity contribution >= 4 is 40.3 Å². The van der Waals surface area contributed by atoms with Crippen molar-refractivity contribution in [1.82, 2.24) is 30.2 Å². The van der Waals surface area contributed by atoms with Crippen molar-refractivity contribution in [2.45, 2.75) is 77.8 Å². The Labute approximate surface area is 430 Å². The summed E-state index contributed by atoms with van der Waals surface area (Å²) in [7, 11) is 4.18. The lowest BCUT2D eigenvalue weighted by molar-refractivity contribution is -0.134. The molecule has 7 heterocycles. The highest BCUT2D eigenvalue weighted by Crippen LogP contribution is 2.37. The molecule has 1 N–H and O–H groups in total. The van der Waals surface area contributed by atoms with E-state index in [-0.39, 0.29) is 17.7 Å². The standard InChI is InChI=1S/C19H23BNO3.C19H18N2O2.C11H12N2O3.C6H6BrNO/c1-14-11-12-16(20-23-18(2,3)19(4,5)24-20)17(21-14)22-13-15-9-7-6-8-10-15;1-14-11-12-16(17-9-6-10-18(21-17)22-2)19(20-14)23-13-15-7-4-3-5-8-15;1-16-10-4-2-3-8(12-10)7-5-6-9(14)13-11(7)15;1-9-6-4-2-3-5(7)8-6/h6-12H,2,13H2,1,3-5H3;3-12H,13H2,1-2H3;2-4,7H,5-6H2,1H3,(H,13,14,15);2-4H,1H3/q+1;;;. The maximum Gasteiger partial charge on any atom is 0.503 e. The van der Waals surface area contributed by atoms with E-state index in [0.29, 0.717) is 61.1 Å². The van der Waals surface area contributed by atoms with E-state index in [1.165, 1.54) is 7.11 Å². The van der Waals surface area contributed by atoms with Crippen molar-refractivity contribution in [3.05, 3.63) is 179 Å². The third-order valence-corrected chi connectivity index (χ3v) is 11.9. The summed E-state index contributed by atoms with van der Waals surface area (Å²) in [6, 6.07) is 44.3. The predicted octanol–water partition coefficient (Wildman–Crippen LogP) is 9.59. The molecule has 7 aromatic rings. The molecular weight excluding hydrogens is 979 g/mol. The third-order valence-electron chi connectivity index (χ3n) is 11.4. The fourth-order valence-electron chi connectivity index (χ4n) is 6.95. The predicted molar refractivity (Wildman–Crippen MR) is 279 cm³/mol. The van der Waals surface area contributed by atoms with Crippen LogP contribution < -0.4 is 34.5 Å². The molecule has 0 spiro atoms. The smallest absolute Gasteiger partial charge is 0.481 e. The number of piperidine rings is 1. The topological polar surface area (TPSA) is 175 Å². The Balaban J connectivity index is 0.000000165. The number of benzene rings is 2. The van der Waals surface area contributed by atoms with E-state index in [1.807, 2.05) is 150 Å². The Kier molecular flexibility index (Phi) is 19.3. The number of carbonyl (C=O) groups is 2. The highest BCUT2D eigenvalue weighted by molar-refractivity contribution is 9.10. The number of hydrogen-bond donors (Lipinski definition) is 1. The number of rotatable bonds is 12. The lowest BCUT2D eigenvalue weighted by Gasteiger charge is -2.25. The first-order valence-corrected chi connectivity index (χ1v) is 23.9. The van der Waals surface area contributed by atoms with Gasteiger partial charge in [-0.3, -0.25) is 14.9 Å². The second-order valence-electron chi connectivity index (χ2n) is 17.2. The first-order valence-electron chi connectivity index (χ1n) is 23.1. The summed E-state index contributed by atoms with van der Waals surface area (Å²) in [5, 5.41) is 2.31. The first kappa shape index (κ1) is 54.0. The highest BCUT2D eigenvalue weighted by atomic mass is 79.9. The fourth-order valence-corrected chi connectivity index (χ4v) is 7.27. The van der Waals surface area contributed by atoms with Gasteiger partial charge in [-0.05, 0) is 97.6 Å². The number of ether oxygens (including phenoxy) is 5. The Morgan fingerprint density at radius 1 is 0.639 bits per heavy atom. The summed E-state index contributed by atoms with van der Waals surface area (Å²) >= 11 is 3.21. The molecule has 2 aliphatic rings. The van der Waals surface area contributed by atoms with Crippen molar-refractivity contribution in [2.75, 3.05) is 21.3 Å². The van der Waals surface area contributed by atoms with Crippen LogP contribution in [0.1, 0.15) is 67.7 Å². The molecule has 2 amide bonds. The van der Waals surface area contributed by atoms with Crippen LogP contribution in [0.5, 0.6) is 29.4 Å². The van der Waals surface area contributed by atoms with Crippen LogP contribution in [0, 0.1) is 20.8 Å². The second-order valence-corrected chi connectivity index (χ2v) is 18.0. The summed E-state index contributed by atoms with van der Waals surface area (Å²) < 4.78 is 39.8. The Morgan fingerprint density at radius 2 is 1.18 bits per heavy atom. The molecule has 2 fully saturated rings. The zero-order chi connectivity index (χ0) is 51.7. The van der Waals surface area contributed by atoms with Gasteiger partial charge in [0.2, 0.25) is 46.8 Å². The van der Waals surface area contributed by atoms with E-state index < -0.39 is 18.3 Å². The Hall–Kier alpha value is -7.34. The molecule has 0 radical (unpaired) electrons. The van der Waals surface area contributed by atoms with Crippen LogP contribution in [-0.2, 0) is 32.1 Å². The van der Waals surface area contributed by atoms with Gasteiger partial charge in [0.15, 0.2) is 0 Å². The van der Waals surface area contributed by atoms with Gasteiger partial charge in [0, 0.05) is 48.4 Å². The van der Waals surface area contributed by atoms with Crippen LogP contribution in [0.3, 0.4) is 0 Å². The molecular formula is C55H59BBrN6O9+. The molecule has 72 heavy (non-hydrogen) atoms. The Morgan fingerprint density at radius 3 is 1.74 bits per heavy atom. The molecule has 2 aromatic carbocycles. The molecule has 0 bridgehead atoms. The van der Waals surface area contributed by atoms with Crippen LogP contribution in [0.15, 0.2) is 144 Å². The number of pyridine rings is 5. The van der Waals surface area contributed by atoms with Crippen molar-refractivity contribution in [3.8, 4) is 40.7 Å². The fraction of sp³-hybridized carbons (Fsp3) is 0.273. The molecule has 372 valence electrons. The average molecular weight is 1040 g/mol. The van der Waals surface area contributed by atoms with Gasteiger partial charge in [0.05, 0.1) is 51.1 Å². The van der Waals surface area contributed by atoms with Crippen molar-refractivity contribution < 1.29 is 42.6 Å². The van der Waals surface area contributed by atoms with E-state index in [9.17, 15) is 9.59 Å². The van der Waals surface area contributed by atoms with Gasteiger partial charge < -0.3 is 33.0 Å². The average Bonchev–Trinajstić information content (AvgIpc) is 3.61. The summed E-state index contributed by atoms with van der Waals surface area (Å²) in [4.78, 5) is 44.3. The van der Waals surface area contributed by atoms with E-state index >= 15 is 0 Å². The number of aryl methyl sites for hydroxylation is 2. The van der Waals surface area contributed by atoms with Gasteiger partial charge in [-0.2, -0.15) is 0 Å². The SMILES string of the molecule is COc1cccc(-c2ccc(C)nc2OCc2ccccc2)n1.COc1cccc(Br)n1.COc1cccc(C2CCC(=O)NC2=O)n1.[CH2+]C1(C)OB(c2ccc(C)nc2OCc2ccccc2)OC1(C)C. The van der Waals surface area contributed by atoms with E-state index in [1.54, 1.807) is 38.5 Å². The molecule has 2 atom stereocenters. The van der Waals surface area contributed by atoms with Gasteiger partial charge in [0.1, 0.15) is 23.4 Å². The van der Waals surface area contributed by atoms with Crippen LogP contribution >= 0.6 is 15.9 Å². The number of hydrogen-bond acceptors (Lipinski definition) is 14. The minimum absolute atomic E-state index is 0.218. The van der Waals surface area contributed by atoms with Crippen LogP contribution in [0.2, 0.25) is 0 Å². The maximum atomic E-state index is 11.6. The number of imide groups is 1. The number of amides is 2. The van der Waals surface area contributed by atoms with Crippen molar-refractivity contribution in [3.63, 3.8) is 0 Å². The summed E-state index contributed by atoms with van der Waals surface area (Å²) in [5.41, 5.74) is 5.89. The second kappa shape index (κ2) is 25.7. The zero-order valence-electron chi connectivity index (χ0n) is 41.8. The van der Waals surface area contributed by atoms with E-state index in [0.717, 1.165) is 43.8 Å². The molecule has 2 saturated heterocycles. The number of nitrogens with one attached hydrogen (secondary N) is 1. The molecule has 5 aromatic heterocycles. The van der Waals surface area contributed by atoms with Gasteiger partial charge in [-0.15, -0.1) is 0 Å². The van der Waals surface area contributed by atoms with Gasteiger partial charge >= 0.3 is 7.12 Å². The summed E-state index contributed by atoms with van der Waals surface area (Å²) in [6.45, 7) is 14.8. The molecule has 2 aliphatic heterocycles. The lowest BCUT2D eigenvalue weighted by Crippen LogP contribution is -2.42.